The number of halogens is 1. The number of nitriles is 1. The molecule has 1 rings (SSSR count). The van der Waals surface area contributed by atoms with Crippen molar-refractivity contribution in [3.63, 3.8) is 0 Å². The van der Waals surface area contributed by atoms with E-state index in [2.05, 4.69) is 0 Å². The predicted octanol–water partition coefficient (Wildman–Crippen LogP) is 2.55. The lowest BCUT2D eigenvalue weighted by molar-refractivity contribution is -0.385. The van der Waals surface area contributed by atoms with Crippen LogP contribution >= 0.6 is 11.8 Å². The Morgan fingerprint density at radius 1 is 1.63 bits per heavy atom. The molecule has 0 saturated carbocycles. The van der Waals surface area contributed by atoms with Crippen LogP contribution in [0.25, 0.3) is 0 Å². The van der Waals surface area contributed by atoms with Crippen molar-refractivity contribution in [3.8, 4) is 6.07 Å². The number of hydrogen-bond donors (Lipinski definition) is 1. The van der Waals surface area contributed by atoms with Crippen molar-refractivity contribution in [2.45, 2.75) is 18.9 Å². The summed E-state index contributed by atoms with van der Waals surface area (Å²) >= 11 is 1.39. The molecule has 0 aliphatic heterocycles. The Morgan fingerprint density at radius 2 is 2.32 bits per heavy atom. The molecular formula is C12H14FN3O2S. The van der Waals surface area contributed by atoms with Gasteiger partial charge in [0.2, 0.25) is 0 Å². The number of benzene rings is 1. The van der Waals surface area contributed by atoms with Crippen molar-refractivity contribution in [2.24, 2.45) is 5.73 Å². The molecule has 19 heavy (non-hydrogen) atoms. The summed E-state index contributed by atoms with van der Waals surface area (Å²) in [5.74, 6) is 0.372. The topological polar surface area (TPSA) is 93.0 Å². The number of nitro groups is 1. The lowest BCUT2D eigenvalue weighted by atomic mass is 9.90. The molecular weight excluding hydrogens is 269 g/mol. The highest BCUT2D eigenvalue weighted by atomic mass is 32.2. The zero-order valence-electron chi connectivity index (χ0n) is 10.4. The standard InChI is InChI=1S/C12H14FN3O2S/c1-12(15,4-6-19-7-5-14)10-8-9(16(17)18)2-3-11(10)13/h2-3,8H,4,6-7,15H2,1H3/t12-/m0/s1. The quantitative estimate of drug-likeness (QED) is 0.492. The Balaban J connectivity index is 2.90. The number of nitro benzene ring substituents is 1. The lowest BCUT2D eigenvalue weighted by Gasteiger charge is -2.25. The second kappa shape index (κ2) is 6.50. The normalized spacial score (nSPS) is 13.6. The Hall–Kier alpha value is -1.65. The van der Waals surface area contributed by atoms with Gasteiger partial charge in [0.15, 0.2) is 0 Å². The highest BCUT2D eigenvalue weighted by Gasteiger charge is 2.26. The maximum atomic E-state index is 13.7. The minimum absolute atomic E-state index is 0.124. The van der Waals surface area contributed by atoms with Crippen molar-refractivity contribution in [1.82, 2.24) is 0 Å². The SMILES string of the molecule is C[C@](N)(CCSCC#N)c1cc([N+](=O)[O-])ccc1F. The van der Waals surface area contributed by atoms with Crippen LogP contribution in [0.1, 0.15) is 18.9 Å². The van der Waals surface area contributed by atoms with Crippen molar-refractivity contribution in [1.29, 1.82) is 5.26 Å². The summed E-state index contributed by atoms with van der Waals surface area (Å²) in [6.07, 6.45) is 0.428. The molecule has 1 aromatic rings. The Labute approximate surface area is 114 Å². The van der Waals surface area contributed by atoms with Gasteiger partial charge in [0.25, 0.3) is 5.69 Å². The molecule has 0 aromatic heterocycles. The van der Waals surface area contributed by atoms with Crippen LogP contribution in [0.2, 0.25) is 0 Å². The number of rotatable bonds is 6. The molecule has 0 amide bonds. The minimum Gasteiger partial charge on any atom is -0.322 e. The molecule has 0 unspecified atom stereocenters. The van der Waals surface area contributed by atoms with Gasteiger partial charge in [-0.05, 0) is 25.2 Å². The van der Waals surface area contributed by atoms with Crippen LogP contribution in [0.5, 0.6) is 0 Å². The van der Waals surface area contributed by atoms with Crippen LogP contribution in [0.3, 0.4) is 0 Å². The van der Waals surface area contributed by atoms with E-state index >= 15 is 0 Å². The van der Waals surface area contributed by atoms with E-state index in [9.17, 15) is 14.5 Å². The molecule has 102 valence electrons. The van der Waals surface area contributed by atoms with Gasteiger partial charge in [-0.25, -0.2) is 4.39 Å². The van der Waals surface area contributed by atoms with E-state index in [-0.39, 0.29) is 11.3 Å². The molecule has 1 atom stereocenters. The molecule has 0 bridgehead atoms. The molecule has 2 N–H and O–H groups in total. The van der Waals surface area contributed by atoms with Crippen molar-refractivity contribution >= 4 is 17.4 Å². The van der Waals surface area contributed by atoms with Gasteiger partial charge in [0, 0.05) is 23.2 Å². The average molecular weight is 283 g/mol. The van der Waals surface area contributed by atoms with Crippen molar-refractivity contribution < 1.29 is 9.31 Å². The van der Waals surface area contributed by atoms with E-state index in [4.69, 9.17) is 11.0 Å². The fourth-order valence-electron chi connectivity index (χ4n) is 1.60. The molecule has 0 radical (unpaired) electrons. The highest BCUT2D eigenvalue weighted by molar-refractivity contribution is 7.99. The number of thioether (sulfide) groups is 1. The molecule has 1 aromatic carbocycles. The molecule has 0 aliphatic rings. The molecule has 0 saturated heterocycles. The summed E-state index contributed by atoms with van der Waals surface area (Å²) in [6.45, 7) is 1.63. The van der Waals surface area contributed by atoms with Gasteiger partial charge in [-0.2, -0.15) is 5.26 Å². The van der Waals surface area contributed by atoms with Crippen molar-refractivity contribution in [3.05, 3.63) is 39.7 Å². The van der Waals surface area contributed by atoms with E-state index in [1.165, 1.54) is 17.8 Å². The largest absolute Gasteiger partial charge is 0.322 e. The maximum absolute atomic E-state index is 13.7. The molecule has 0 spiro atoms. The minimum atomic E-state index is -1.00. The van der Waals surface area contributed by atoms with Crippen LogP contribution < -0.4 is 5.73 Å². The maximum Gasteiger partial charge on any atom is 0.269 e. The first kappa shape index (κ1) is 15.4. The summed E-state index contributed by atoms with van der Waals surface area (Å²) in [6, 6.07) is 5.33. The van der Waals surface area contributed by atoms with E-state index < -0.39 is 16.3 Å². The van der Waals surface area contributed by atoms with Gasteiger partial charge in [0.1, 0.15) is 5.82 Å². The van der Waals surface area contributed by atoms with Gasteiger partial charge < -0.3 is 5.73 Å². The summed E-state index contributed by atoms with van der Waals surface area (Å²) in [4.78, 5) is 10.1. The Bertz CT molecular complexity index is 514. The zero-order valence-corrected chi connectivity index (χ0v) is 11.2. The lowest BCUT2D eigenvalue weighted by Crippen LogP contribution is -2.34. The fraction of sp³-hybridized carbons (Fsp3) is 0.417. The number of hydrogen-bond acceptors (Lipinski definition) is 5. The first-order chi connectivity index (χ1) is 8.88. The van der Waals surface area contributed by atoms with Crippen molar-refractivity contribution in [2.75, 3.05) is 11.5 Å². The average Bonchev–Trinajstić information content (AvgIpc) is 2.34. The Morgan fingerprint density at radius 3 is 2.89 bits per heavy atom. The first-order valence-corrected chi connectivity index (χ1v) is 6.72. The van der Waals surface area contributed by atoms with Crippen LogP contribution in [0, 0.1) is 27.3 Å². The second-order valence-corrected chi connectivity index (χ2v) is 5.40. The van der Waals surface area contributed by atoms with Gasteiger partial charge in [-0.1, -0.05) is 0 Å². The van der Waals surface area contributed by atoms with Crippen LogP contribution in [0.15, 0.2) is 18.2 Å². The van der Waals surface area contributed by atoms with E-state index in [1.54, 1.807) is 6.92 Å². The van der Waals surface area contributed by atoms with Gasteiger partial charge in [-0.3, -0.25) is 10.1 Å². The zero-order chi connectivity index (χ0) is 14.5. The summed E-state index contributed by atoms with van der Waals surface area (Å²) in [5, 5.41) is 19.1. The van der Waals surface area contributed by atoms with E-state index in [1.807, 2.05) is 6.07 Å². The second-order valence-electron chi connectivity index (χ2n) is 4.30. The van der Waals surface area contributed by atoms with Crippen LogP contribution in [-0.2, 0) is 5.54 Å². The summed E-state index contributed by atoms with van der Waals surface area (Å²) < 4.78 is 13.7. The smallest absolute Gasteiger partial charge is 0.269 e. The van der Waals surface area contributed by atoms with Gasteiger partial charge in [-0.15, -0.1) is 11.8 Å². The third-order valence-corrected chi connectivity index (χ3v) is 3.53. The number of non-ortho nitro benzene ring substituents is 1. The highest BCUT2D eigenvalue weighted by Crippen LogP contribution is 2.29. The Kier molecular flexibility index (Phi) is 5.27. The first-order valence-electron chi connectivity index (χ1n) is 5.56. The van der Waals surface area contributed by atoms with E-state index in [0.29, 0.717) is 17.9 Å². The summed E-state index contributed by atoms with van der Waals surface area (Å²) in [7, 11) is 0. The van der Waals surface area contributed by atoms with Gasteiger partial charge in [0.05, 0.1) is 16.7 Å². The van der Waals surface area contributed by atoms with Gasteiger partial charge >= 0.3 is 0 Å². The van der Waals surface area contributed by atoms with Crippen LogP contribution in [-0.4, -0.2) is 16.4 Å². The third-order valence-electron chi connectivity index (χ3n) is 2.71. The predicted molar refractivity (Wildman–Crippen MR) is 72.1 cm³/mol. The molecule has 5 nitrogen and oxygen atoms in total. The fourth-order valence-corrected chi connectivity index (χ4v) is 2.41. The monoisotopic (exact) mass is 283 g/mol. The van der Waals surface area contributed by atoms with E-state index in [0.717, 1.165) is 12.1 Å². The molecule has 0 fully saturated rings. The molecule has 0 heterocycles. The van der Waals surface area contributed by atoms with Crippen LogP contribution in [0.4, 0.5) is 10.1 Å². The third kappa shape index (κ3) is 4.19. The summed E-state index contributed by atoms with van der Waals surface area (Å²) in [5.41, 5.74) is 4.97. The number of nitrogens with zero attached hydrogens (tertiary/aromatic N) is 2. The molecule has 0 aliphatic carbocycles. The number of nitrogens with two attached hydrogens (primary N) is 1. The molecule has 7 heteroatoms.